The molecule has 2 N–H and O–H groups in total. The minimum atomic E-state index is -3.05. The number of hydrogen-bond donors (Lipinski definition) is 2. The number of sulfone groups is 1. The van der Waals surface area contributed by atoms with E-state index in [1.165, 1.54) is 0 Å². The minimum absolute atomic E-state index is 0.0623. The van der Waals surface area contributed by atoms with E-state index in [4.69, 9.17) is 0 Å². The van der Waals surface area contributed by atoms with Crippen LogP contribution < -0.4 is 5.32 Å². The van der Waals surface area contributed by atoms with Crippen LogP contribution in [0.1, 0.15) is 46.5 Å². The quantitative estimate of drug-likeness (QED) is 0.660. The van der Waals surface area contributed by atoms with Crippen molar-refractivity contribution in [1.29, 1.82) is 0 Å². The number of aromatic amines is 1. The van der Waals surface area contributed by atoms with Crippen molar-refractivity contribution in [3.63, 3.8) is 0 Å². The molecule has 9 heteroatoms. The number of nitrogens with zero attached hydrogens (tertiary/aromatic N) is 3. The summed E-state index contributed by atoms with van der Waals surface area (Å²) in [6, 6.07) is 7.58. The van der Waals surface area contributed by atoms with E-state index >= 15 is 0 Å². The number of aromatic nitrogens is 4. The van der Waals surface area contributed by atoms with Crippen LogP contribution in [0.25, 0.3) is 11.0 Å². The number of hydrogen-bond acceptors (Lipinski definition) is 5. The van der Waals surface area contributed by atoms with Crippen LogP contribution in [0.4, 0.5) is 0 Å². The van der Waals surface area contributed by atoms with Crippen LogP contribution in [-0.2, 0) is 29.1 Å². The Morgan fingerprint density at radius 1 is 1.28 bits per heavy atom. The summed E-state index contributed by atoms with van der Waals surface area (Å²) in [5, 5.41) is 7.61. The van der Waals surface area contributed by atoms with E-state index in [1.807, 2.05) is 24.3 Å². The number of fused-ring (bicyclic) bond motifs is 2. The monoisotopic (exact) mass is 413 g/mol. The van der Waals surface area contributed by atoms with E-state index in [0.29, 0.717) is 25.1 Å². The molecule has 1 aromatic carbocycles. The van der Waals surface area contributed by atoms with Crippen LogP contribution in [0.3, 0.4) is 0 Å². The first-order chi connectivity index (χ1) is 14.0. The highest BCUT2D eigenvalue weighted by molar-refractivity contribution is 7.91. The molecule has 0 spiro atoms. The van der Waals surface area contributed by atoms with Crippen molar-refractivity contribution in [1.82, 2.24) is 25.1 Å². The summed E-state index contributed by atoms with van der Waals surface area (Å²) in [5.74, 6) is 0.871. The molecule has 2 aromatic heterocycles. The maximum atomic E-state index is 13.0. The fraction of sp³-hybridized carbons (Fsp3) is 0.450. The third-order valence-electron chi connectivity index (χ3n) is 5.79. The van der Waals surface area contributed by atoms with Crippen LogP contribution in [0, 0.1) is 0 Å². The number of rotatable bonds is 5. The Morgan fingerprint density at radius 3 is 2.93 bits per heavy atom. The van der Waals surface area contributed by atoms with Crippen LogP contribution in [-0.4, -0.2) is 52.1 Å². The highest BCUT2D eigenvalue weighted by atomic mass is 32.2. The third-order valence-corrected chi connectivity index (χ3v) is 7.54. The first-order valence-electron chi connectivity index (χ1n) is 10.0. The molecule has 0 bridgehead atoms. The largest absolute Gasteiger partial charge is 0.350 e. The molecular formula is C20H23N5O3S. The summed E-state index contributed by atoms with van der Waals surface area (Å²) in [6.07, 6.45) is 3.76. The van der Waals surface area contributed by atoms with Gasteiger partial charge in [-0.25, -0.2) is 13.4 Å². The summed E-state index contributed by atoms with van der Waals surface area (Å²) in [5.41, 5.74) is 4.36. The molecule has 0 radical (unpaired) electrons. The Labute approximate surface area is 168 Å². The number of aryl methyl sites for hydroxylation is 1. The lowest BCUT2D eigenvalue weighted by atomic mass is 10.1. The number of benzene rings is 1. The standard InChI is InChI=1S/C20H23N5O3S/c26-20(21-10-8-18-22-16-5-1-2-6-17(16)23-18)19-14-4-3-7-15(14)24-25(19)13-9-11-29(27,28)12-13/h1-2,5-6,13H,3-4,7-12H2,(H,21,26)(H,22,23)/t13-/m0/s1. The zero-order valence-electron chi connectivity index (χ0n) is 16.0. The van der Waals surface area contributed by atoms with Gasteiger partial charge in [0.15, 0.2) is 9.84 Å². The van der Waals surface area contributed by atoms with Gasteiger partial charge in [0.25, 0.3) is 5.91 Å². The summed E-state index contributed by atoms with van der Waals surface area (Å²) in [4.78, 5) is 20.8. The number of carbonyl (C=O) groups is 1. The van der Waals surface area contributed by atoms with Crippen molar-refractivity contribution in [2.24, 2.45) is 0 Å². The maximum Gasteiger partial charge on any atom is 0.269 e. The summed E-state index contributed by atoms with van der Waals surface area (Å²) >= 11 is 0. The first-order valence-corrected chi connectivity index (χ1v) is 11.8. The Hall–Kier alpha value is -2.68. The molecule has 152 valence electrons. The third kappa shape index (κ3) is 3.43. The van der Waals surface area contributed by atoms with Crippen molar-refractivity contribution in [2.75, 3.05) is 18.1 Å². The van der Waals surface area contributed by atoms with E-state index in [1.54, 1.807) is 4.68 Å². The molecule has 2 aliphatic rings. The number of para-hydroxylation sites is 2. The smallest absolute Gasteiger partial charge is 0.269 e. The molecule has 8 nitrogen and oxygen atoms in total. The van der Waals surface area contributed by atoms with Crippen molar-refractivity contribution in [3.8, 4) is 0 Å². The van der Waals surface area contributed by atoms with Gasteiger partial charge >= 0.3 is 0 Å². The van der Waals surface area contributed by atoms with E-state index < -0.39 is 9.84 Å². The molecule has 1 saturated heterocycles. The number of H-pyrrole nitrogens is 1. The van der Waals surface area contributed by atoms with Gasteiger partial charge < -0.3 is 10.3 Å². The maximum absolute atomic E-state index is 13.0. The van der Waals surface area contributed by atoms with Crippen molar-refractivity contribution in [3.05, 3.63) is 47.0 Å². The van der Waals surface area contributed by atoms with Crippen LogP contribution in [0.5, 0.6) is 0 Å². The van der Waals surface area contributed by atoms with E-state index in [0.717, 1.165) is 47.4 Å². The average Bonchev–Trinajstić information content (AvgIpc) is 3.42. The highest BCUT2D eigenvalue weighted by Crippen LogP contribution is 2.31. The van der Waals surface area contributed by atoms with Gasteiger partial charge in [0.1, 0.15) is 11.5 Å². The second kappa shape index (κ2) is 6.98. The predicted molar refractivity (Wildman–Crippen MR) is 109 cm³/mol. The van der Waals surface area contributed by atoms with Gasteiger partial charge in [0.05, 0.1) is 34.3 Å². The molecule has 3 heterocycles. The van der Waals surface area contributed by atoms with Gasteiger partial charge in [0, 0.05) is 18.5 Å². The van der Waals surface area contributed by atoms with Crippen LogP contribution >= 0.6 is 0 Å². The summed E-state index contributed by atoms with van der Waals surface area (Å²) in [7, 11) is -3.05. The fourth-order valence-electron chi connectivity index (χ4n) is 4.39. The SMILES string of the molecule is O=C(NCCc1nc2ccccc2[nH]1)c1c2c(nn1[C@H]1CCS(=O)(=O)C1)CCC2. The van der Waals surface area contributed by atoms with E-state index in [9.17, 15) is 13.2 Å². The first kappa shape index (κ1) is 18.4. The van der Waals surface area contributed by atoms with Gasteiger partial charge in [-0.15, -0.1) is 0 Å². The Kier molecular flexibility index (Phi) is 4.42. The predicted octanol–water partition coefficient (Wildman–Crippen LogP) is 1.58. The molecule has 1 aliphatic carbocycles. The number of nitrogens with one attached hydrogen (secondary N) is 2. The molecule has 3 aromatic rings. The number of carbonyl (C=O) groups excluding carboxylic acids is 1. The number of amides is 1. The summed E-state index contributed by atoms with van der Waals surface area (Å²) < 4.78 is 25.5. The fourth-order valence-corrected chi connectivity index (χ4v) is 6.08. The van der Waals surface area contributed by atoms with Crippen molar-refractivity contribution >= 4 is 26.8 Å². The van der Waals surface area contributed by atoms with Crippen LogP contribution in [0.15, 0.2) is 24.3 Å². The molecule has 1 atom stereocenters. The zero-order chi connectivity index (χ0) is 20.0. The Morgan fingerprint density at radius 2 is 2.14 bits per heavy atom. The Bertz CT molecular complexity index is 1160. The second-order valence-corrected chi connectivity index (χ2v) is 10.1. The molecule has 1 fully saturated rings. The van der Waals surface area contributed by atoms with Gasteiger partial charge in [-0.2, -0.15) is 5.10 Å². The molecule has 1 aliphatic heterocycles. The van der Waals surface area contributed by atoms with Crippen molar-refractivity contribution < 1.29 is 13.2 Å². The van der Waals surface area contributed by atoms with Gasteiger partial charge in [-0.1, -0.05) is 12.1 Å². The Balaban J connectivity index is 1.32. The van der Waals surface area contributed by atoms with E-state index in [2.05, 4.69) is 20.4 Å². The highest BCUT2D eigenvalue weighted by Gasteiger charge is 2.35. The molecule has 29 heavy (non-hydrogen) atoms. The van der Waals surface area contributed by atoms with Crippen molar-refractivity contribution in [2.45, 2.75) is 38.1 Å². The molecule has 0 unspecified atom stereocenters. The second-order valence-electron chi connectivity index (χ2n) is 7.84. The van der Waals surface area contributed by atoms with Gasteiger partial charge in [0.2, 0.25) is 0 Å². The summed E-state index contributed by atoms with van der Waals surface area (Å²) in [6.45, 7) is 0.446. The number of imidazole rings is 1. The molecular weight excluding hydrogens is 390 g/mol. The lowest BCUT2D eigenvalue weighted by Crippen LogP contribution is -2.30. The van der Waals surface area contributed by atoms with Gasteiger partial charge in [-0.3, -0.25) is 9.48 Å². The zero-order valence-corrected chi connectivity index (χ0v) is 16.8. The average molecular weight is 414 g/mol. The van der Waals surface area contributed by atoms with Gasteiger partial charge in [-0.05, 0) is 37.8 Å². The molecule has 0 saturated carbocycles. The minimum Gasteiger partial charge on any atom is -0.350 e. The molecule has 5 rings (SSSR count). The molecule has 1 amide bonds. The van der Waals surface area contributed by atoms with E-state index in [-0.39, 0.29) is 23.5 Å². The van der Waals surface area contributed by atoms with Crippen LogP contribution in [0.2, 0.25) is 0 Å². The lowest BCUT2D eigenvalue weighted by molar-refractivity contribution is 0.0940. The lowest BCUT2D eigenvalue weighted by Gasteiger charge is -2.14. The normalized spacial score (nSPS) is 20.2. The topological polar surface area (TPSA) is 110 Å².